The van der Waals surface area contributed by atoms with Gasteiger partial charge in [0.1, 0.15) is 16.5 Å². The highest BCUT2D eigenvalue weighted by Crippen LogP contribution is 2.27. The van der Waals surface area contributed by atoms with Gasteiger partial charge in [-0.3, -0.25) is 0 Å². The molecule has 1 aromatic carbocycles. The Bertz CT molecular complexity index is 562. The fourth-order valence-electron chi connectivity index (χ4n) is 2.07. The van der Waals surface area contributed by atoms with Crippen molar-refractivity contribution in [3.8, 4) is 0 Å². The minimum absolute atomic E-state index is 0.223. The summed E-state index contributed by atoms with van der Waals surface area (Å²) in [4.78, 5) is -0.636. The Kier molecular flexibility index (Phi) is 3.39. The van der Waals surface area contributed by atoms with E-state index in [9.17, 15) is 17.2 Å². The summed E-state index contributed by atoms with van der Waals surface area (Å²) in [5.74, 6) is -1.74. The molecule has 0 bridgehead atoms. The first kappa shape index (κ1) is 13.4. The van der Waals surface area contributed by atoms with Crippen molar-refractivity contribution in [3.63, 3.8) is 0 Å². The molecule has 1 aliphatic rings. The van der Waals surface area contributed by atoms with E-state index in [-0.39, 0.29) is 12.6 Å². The lowest BCUT2D eigenvalue weighted by Gasteiger charge is -2.22. The lowest BCUT2D eigenvalue weighted by Crippen LogP contribution is -2.40. The smallest absolute Gasteiger partial charge is 0.246 e. The molecule has 2 N–H and O–H groups in total. The zero-order valence-electron chi connectivity index (χ0n) is 9.81. The first-order valence-corrected chi connectivity index (χ1v) is 7.00. The zero-order chi connectivity index (χ0) is 13.5. The van der Waals surface area contributed by atoms with Crippen LogP contribution >= 0.6 is 0 Å². The van der Waals surface area contributed by atoms with Crippen LogP contribution in [0.4, 0.5) is 8.78 Å². The van der Waals surface area contributed by atoms with Gasteiger partial charge >= 0.3 is 0 Å². The lowest BCUT2D eigenvalue weighted by atomic mass is 10.2. The number of halogens is 2. The van der Waals surface area contributed by atoms with E-state index in [1.54, 1.807) is 6.92 Å². The molecule has 4 nitrogen and oxygen atoms in total. The summed E-state index contributed by atoms with van der Waals surface area (Å²) >= 11 is 0. The highest BCUT2D eigenvalue weighted by Gasteiger charge is 2.38. The average molecular weight is 276 g/mol. The molecular weight excluding hydrogens is 262 g/mol. The van der Waals surface area contributed by atoms with E-state index in [0.717, 1.165) is 16.4 Å². The van der Waals surface area contributed by atoms with Crippen molar-refractivity contribution in [1.82, 2.24) is 4.31 Å². The van der Waals surface area contributed by atoms with Crippen molar-refractivity contribution in [2.75, 3.05) is 6.54 Å². The zero-order valence-corrected chi connectivity index (χ0v) is 10.6. The standard InChI is InChI=1S/C11H14F2N2O2S/c1-7-10(14)4-5-15(7)18(16,17)11-6-8(12)2-3-9(11)13/h2-3,6-7,10H,4-5,14H2,1H3. The van der Waals surface area contributed by atoms with Crippen LogP contribution in [0.1, 0.15) is 13.3 Å². The minimum atomic E-state index is -4.04. The Morgan fingerprint density at radius 2 is 2.06 bits per heavy atom. The van der Waals surface area contributed by atoms with E-state index in [4.69, 9.17) is 5.73 Å². The predicted molar refractivity (Wildman–Crippen MR) is 62.3 cm³/mol. The summed E-state index contributed by atoms with van der Waals surface area (Å²) in [5.41, 5.74) is 5.74. The van der Waals surface area contributed by atoms with Crippen molar-refractivity contribution in [1.29, 1.82) is 0 Å². The van der Waals surface area contributed by atoms with Crippen LogP contribution in [0.25, 0.3) is 0 Å². The summed E-state index contributed by atoms with van der Waals surface area (Å²) < 4.78 is 52.2. The fourth-order valence-corrected chi connectivity index (χ4v) is 3.84. The number of hydrogen-bond acceptors (Lipinski definition) is 3. The van der Waals surface area contributed by atoms with E-state index in [1.165, 1.54) is 0 Å². The maximum absolute atomic E-state index is 13.5. The van der Waals surface area contributed by atoms with E-state index >= 15 is 0 Å². The molecule has 0 spiro atoms. The van der Waals surface area contributed by atoms with Gasteiger partial charge in [-0.15, -0.1) is 0 Å². The Hall–Kier alpha value is -1.05. The Labute approximate surface area is 104 Å². The molecule has 0 radical (unpaired) electrons. The maximum atomic E-state index is 13.5. The highest BCUT2D eigenvalue weighted by atomic mass is 32.2. The van der Waals surface area contributed by atoms with Crippen LogP contribution in [0.5, 0.6) is 0 Å². The largest absolute Gasteiger partial charge is 0.326 e. The second-order valence-electron chi connectivity index (χ2n) is 4.38. The van der Waals surface area contributed by atoms with Gasteiger partial charge in [-0.05, 0) is 31.5 Å². The molecule has 1 aliphatic heterocycles. The number of sulfonamides is 1. The van der Waals surface area contributed by atoms with Crippen molar-refractivity contribution < 1.29 is 17.2 Å². The molecule has 100 valence electrons. The predicted octanol–water partition coefficient (Wildman–Crippen LogP) is 1.07. The monoisotopic (exact) mass is 276 g/mol. The van der Waals surface area contributed by atoms with Crippen LogP contribution in [0.3, 0.4) is 0 Å². The Balaban J connectivity index is 2.46. The maximum Gasteiger partial charge on any atom is 0.246 e. The molecule has 0 aromatic heterocycles. The SMILES string of the molecule is CC1C(N)CCN1S(=O)(=O)c1cc(F)ccc1F. The Morgan fingerprint density at radius 3 is 2.61 bits per heavy atom. The van der Waals surface area contributed by atoms with Crippen LogP contribution in [-0.4, -0.2) is 31.4 Å². The molecule has 2 unspecified atom stereocenters. The van der Waals surface area contributed by atoms with Gasteiger partial charge < -0.3 is 5.73 Å². The molecular formula is C11H14F2N2O2S. The van der Waals surface area contributed by atoms with Crippen LogP contribution in [0.2, 0.25) is 0 Å². The molecule has 0 amide bonds. The fraction of sp³-hybridized carbons (Fsp3) is 0.455. The topological polar surface area (TPSA) is 63.4 Å². The van der Waals surface area contributed by atoms with Crippen LogP contribution in [0.15, 0.2) is 23.1 Å². The molecule has 1 fully saturated rings. The van der Waals surface area contributed by atoms with Gasteiger partial charge in [0, 0.05) is 18.6 Å². The van der Waals surface area contributed by atoms with Gasteiger partial charge in [-0.25, -0.2) is 17.2 Å². The van der Waals surface area contributed by atoms with Crippen LogP contribution < -0.4 is 5.73 Å². The van der Waals surface area contributed by atoms with Crippen molar-refractivity contribution >= 4 is 10.0 Å². The summed E-state index contributed by atoms with van der Waals surface area (Å²) in [6.07, 6.45) is 0.511. The number of nitrogens with two attached hydrogens (primary N) is 1. The van der Waals surface area contributed by atoms with Crippen LogP contribution in [-0.2, 0) is 10.0 Å². The number of benzene rings is 1. The molecule has 2 atom stereocenters. The van der Waals surface area contributed by atoms with E-state index < -0.39 is 32.6 Å². The van der Waals surface area contributed by atoms with Gasteiger partial charge in [0.15, 0.2) is 0 Å². The highest BCUT2D eigenvalue weighted by molar-refractivity contribution is 7.89. The molecule has 0 aliphatic carbocycles. The molecule has 2 rings (SSSR count). The average Bonchev–Trinajstić information content (AvgIpc) is 2.63. The summed E-state index contributed by atoms with van der Waals surface area (Å²) in [5, 5.41) is 0. The second-order valence-corrected chi connectivity index (χ2v) is 6.24. The third-order valence-electron chi connectivity index (χ3n) is 3.24. The lowest BCUT2D eigenvalue weighted by molar-refractivity contribution is 0.389. The normalized spacial score (nSPS) is 25.6. The van der Waals surface area contributed by atoms with Crippen molar-refractivity contribution in [2.45, 2.75) is 30.3 Å². The molecule has 1 saturated heterocycles. The summed E-state index contributed by atoms with van der Waals surface area (Å²) in [6, 6.07) is 1.69. The number of rotatable bonds is 2. The van der Waals surface area contributed by atoms with Gasteiger partial charge in [0.2, 0.25) is 10.0 Å². The summed E-state index contributed by atoms with van der Waals surface area (Å²) in [6.45, 7) is 1.88. The van der Waals surface area contributed by atoms with Gasteiger partial charge in [0.05, 0.1) is 0 Å². The first-order valence-electron chi connectivity index (χ1n) is 5.56. The first-order chi connectivity index (χ1) is 8.34. The quantitative estimate of drug-likeness (QED) is 0.879. The van der Waals surface area contributed by atoms with Gasteiger partial charge in [-0.2, -0.15) is 4.31 Å². The van der Waals surface area contributed by atoms with E-state index in [1.807, 2.05) is 0 Å². The van der Waals surface area contributed by atoms with Gasteiger partial charge in [-0.1, -0.05) is 0 Å². The molecule has 1 heterocycles. The third kappa shape index (κ3) is 2.13. The number of nitrogens with zero attached hydrogens (tertiary/aromatic N) is 1. The third-order valence-corrected chi connectivity index (χ3v) is 5.24. The second kappa shape index (κ2) is 4.56. The van der Waals surface area contributed by atoms with E-state index in [2.05, 4.69) is 0 Å². The van der Waals surface area contributed by atoms with Crippen LogP contribution in [0, 0.1) is 11.6 Å². The minimum Gasteiger partial charge on any atom is -0.326 e. The van der Waals surface area contributed by atoms with E-state index in [0.29, 0.717) is 12.5 Å². The number of hydrogen-bond donors (Lipinski definition) is 1. The molecule has 7 heteroatoms. The summed E-state index contributed by atoms with van der Waals surface area (Å²) in [7, 11) is -4.04. The molecule has 0 saturated carbocycles. The molecule has 1 aromatic rings. The van der Waals surface area contributed by atoms with Crippen molar-refractivity contribution in [2.24, 2.45) is 5.73 Å². The molecule has 18 heavy (non-hydrogen) atoms. The van der Waals surface area contributed by atoms with Crippen molar-refractivity contribution in [3.05, 3.63) is 29.8 Å². The van der Waals surface area contributed by atoms with Gasteiger partial charge in [0.25, 0.3) is 0 Å². The Morgan fingerprint density at radius 1 is 1.39 bits per heavy atom.